The Morgan fingerprint density at radius 1 is 1.22 bits per heavy atom. The molecule has 1 heterocycles. The lowest BCUT2D eigenvalue weighted by Gasteiger charge is -2.07. The Morgan fingerprint density at radius 2 is 1.91 bits per heavy atom. The van der Waals surface area contributed by atoms with Gasteiger partial charge in [-0.15, -0.1) is 0 Å². The number of nitrogens with zero attached hydrogens (tertiary/aromatic N) is 2. The molecule has 0 radical (unpaired) electrons. The van der Waals surface area contributed by atoms with E-state index in [1.54, 1.807) is 0 Å². The van der Waals surface area contributed by atoms with Crippen LogP contribution in [0.2, 0.25) is 0 Å². The summed E-state index contributed by atoms with van der Waals surface area (Å²) in [5.74, 6) is -1.92. The minimum absolute atomic E-state index is 0.0806. The van der Waals surface area contributed by atoms with E-state index in [1.807, 2.05) is 0 Å². The first-order chi connectivity index (χ1) is 10.7. The number of nitro groups is 1. The number of carbonyl (C=O) groups is 1. The molecule has 1 aromatic carbocycles. The molecule has 0 aliphatic carbocycles. The van der Waals surface area contributed by atoms with Crippen molar-refractivity contribution in [2.45, 2.75) is 6.18 Å². The molecule has 0 fully saturated rings. The summed E-state index contributed by atoms with van der Waals surface area (Å²) < 4.78 is 50.3. The molecule has 0 aliphatic rings. The van der Waals surface area contributed by atoms with Crippen LogP contribution in [0.25, 0.3) is 0 Å². The van der Waals surface area contributed by atoms with Gasteiger partial charge in [0.2, 0.25) is 5.82 Å². The molecular weight excluding hydrogens is 322 g/mol. The molecule has 1 aromatic heterocycles. The van der Waals surface area contributed by atoms with E-state index >= 15 is 0 Å². The number of benzene rings is 1. The van der Waals surface area contributed by atoms with Gasteiger partial charge in [-0.3, -0.25) is 19.9 Å². The Bertz CT molecular complexity index is 760. The zero-order valence-corrected chi connectivity index (χ0v) is 11.1. The van der Waals surface area contributed by atoms with Crippen LogP contribution >= 0.6 is 0 Å². The first-order valence-electron chi connectivity index (χ1n) is 5.97. The minimum Gasteiger partial charge on any atom is -0.322 e. The van der Waals surface area contributed by atoms with E-state index in [1.165, 1.54) is 0 Å². The molecule has 0 saturated carbocycles. The lowest BCUT2D eigenvalue weighted by molar-refractivity contribution is -0.387. The maximum Gasteiger partial charge on any atom is 0.433 e. The number of carbonyl (C=O) groups excluding carboxylic acids is 1. The number of hydrogen-bond donors (Lipinski definition) is 1. The molecule has 0 atom stereocenters. The monoisotopic (exact) mass is 329 g/mol. The fourth-order valence-corrected chi connectivity index (χ4v) is 1.63. The molecule has 1 amide bonds. The number of nitrogens with one attached hydrogen (secondary N) is 1. The molecule has 10 heteroatoms. The van der Waals surface area contributed by atoms with Crippen LogP contribution in [0.1, 0.15) is 16.1 Å². The van der Waals surface area contributed by atoms with E-state index in [0.717, 1.165) is 30.5 Å². The van der Waals surface area contributed by atoms with Crippen molar-refractivity contribution in [1.82, 2.24) is 4.98 Å². The number of rotatable bonds is 3. The highest BCUT2D eigenvalue weighted by atomic mass is 19.4. The van der Waals surface area contributed by atoms with Gasteiger partial charge < -0.3 is 5.32 Å². The van der Waals surface area contributed by atoms with Gasteiger partial charge in [-0.1, -0.05) is 0 Å². The fourth-order valence-electron chi connectivity index (χ4n) is 1.63. The molecular formula is C13H7F4N3O3. The summed E-state index contributed by atoms with van der Waals surface area (Å²) in [5.41, 5.74) is -2.27. The first-order valence-corrected chi connectivity index (χ1v) is 5.97. The third-order valence-corrected chi connectivity index (χ3v) is 2.72. The van der Waals surface area contributed by atoms with E-state index in [-0.39, 0.29) is 11.3 Å². The second-order valence-electron chi connectivity index (χ2n) is 4.31. The van der Waals surface area contributed by atoms with Crippen LogP contribution in [0.15, 0.2) is 36.5 Å². The zero-order valence-electron chi connectivity index (χ0n) is 11.1. The molecule has 23 heavy (non-hydrogen) atoms. The van der Waals surface area contributed by atoms with E-state index in [9.17, 15) is 32.5 Å². The normalized spacial score (nSPS) is 11.1. The van der Waals surface area contributed by atoms with Crippen molar-refractivity contribution < 1.29 is 27.3 Å². The van der Waals surface area contributed by atoms with Crippen LogP contribution in [-0.2, 0) is 6.18 Å². The number of hydrogen-bond acceptors (Lipinski definition) is 4. The Morgan fingerprint density at radius 3 is 2.43 bits per heavy atom. The van der Waals surface area contributed by atoms with Crippen LogP contribution in [0.4, 0.5) is 28.9 Å². The van der Waals surface area contributed by atoms with Gasteiger partial charge in [0.25, 0.3) is 5.91 Å². The average molecular weight is 329 g/mol. The molecule has 2 rings (SSSR count). The van der Waals surface area contributed by atoms with Gasteiger partial charge in [0.1, 0.15) is 5.69 Å². The molecule has 2 aromatic rings. The highest BCUT2D eigenvalue weighted by molar-refractivity contribution is 6.04. The van der Waals surface area contributed by atoms with E-state index in [4.69, 9.17) is 0 Å². The number of amides is 1. The summed E-state index contributed by atoms with van der Waals surface area (Å²) >= 11 is 0. The molecule has 0 spiro atoms. The minimum atomic E-state index is -4.63. The van der Waals surface area contributed by atoms with Crippen LogP contribution in [0.3, 0.4) is 0 Å². The molecule has 0 unspecified atom stereocenters. The van der Waals surface area contributed by atoms with Crippen LogP contribution in [0, 0.1) is 15.9 Å². The predicted octanol–water partition coefficient (Wildman–Crippen LogP) is 3.40. The van der Waals surface area contributed by atoms with Gasteiger partial charge in [-0.25, -0.2) is 0 Å². The number of pyridine rings is 1. The van der Waals surface area contributed by atoms with Gasteiger partial charge in [-0.05, 0) is 24.3 Å². The first kappa shape index (κ1) is 16.3. The quantitative estimate of drug-likeness (QED) is 0.531. The third-order valence-electron chi connectivity index (χ3n) is 2.72. The van der Waals surface area contributed by atoms with Crippen molar-refractivity contribution in [2.75, 3.05) is 5.32 Å². The maximum atomic E-state index is 13.2. The highest BCUT2D eigenvalue weighted by Crippen LogP contribution is 2.27. The van der Waals surface area contributed by atoms with Gasteiger partial charge in [-0.2, -0.15) is 17.6 Å². The Balaban J connectivity index is 2.19. The van der Waals surface area contributed by atoms with Crippen LogP contribution in [-0.4, -0.2) is 15.8 Å². The summed E-state index contributed by atoms with van der Waals surface area (Å²) in [4.78, 5) is 24.6. The van der Waals surface area contributed by atoms with Crippen molar-refractivity contribution in [3.63, 3.8) is 0 Å². The summed E-state index contributed by atoms with van der Waals surface area (Å²) in [5, 5.41) is 12.8. The lowest BCUT2D eigenvalue weighted by Crippen LogP contribution is -2.14. The molecule has 0 bridgehead atoms. The zero-order chi connectivity index (χ0) is 17.2. The Kier molecular flexibility index (Phi) is 4.25. The van der Waals surface area contributed by atoms with Gasteiger partial charge >= 0.3 is 11.9 Å². The summed E-state index contributed by atoms with van der Waals surface area (Å²) in [6.45, 7) is 0. The van der Waals surface area contributed by atoms with Crippen LogP contribution in [0.5, 0.6) is 0 Å². The Labute approximate surface area is 125 Å². The summed E-state index contributed by atoms with van der Waals surface area (Å²) in [6, 6.07) is 4.20. The highest BCUT2D eigenvalue weighted by Gasteiger charge is 2.32. The molecule has 1 N–H and O–H groups in total. The lowest BCUT2D eigenvalue weighted by atomic mass is 10.2. The molecule has 0 saturated heterocycles. The predicted molar refractivity (Wildman–Crippen MR) is 70.2 cm³/mol. The number of anilines is 1. The van der Waals surface area contributed by atoms with E-state index < -0.39 is 34.2 Å². The van der Waals surface area contributed by atoms with Crippen molar-refractivity contribution in [2.24, 2.45) is 0 Å². The summed E-state index contributed by atoms with van der Waals surface area (Å²) in [7, 11) is 0. The third kappa shape index (κ3) is 3.78. The average Bonchev–Trinajstić information content (AvgIpc) is 2.48. The van der Waals surface area contributed by atoms with Crippen LogP contribution < -0.4 is 5.32 Å². The van der Waals surface area contributed by atoms with Crippen molar-refractivity contribution >= 4 is 17.3 Å². The van der Waals surface area contributed by atoms with Gasteiger partial charge in [0.15, 0.2) is 0 Å². The largest absolute Gasteiger partial charge is 0.433 e. The molecule has 0 aliphatic heterocycles. The number of halogens is 4. The van der Waals surface area contributed by atoms with Crippen molar-refractivity contribution in [1.29, 1.82) is 0 Å². The van der Waals surface area contributed by atoms with E-state index in [2.05, 4.69) is 10.3 Å². The smallest absolute Gasteiger partial charge is 0.322 e. The fraction of sp³-hybridized carbons (Fsp3) is 0.0769. The SMILES string of the molecule is O=C(Nc1ccc(F)c([N+](=O)[O-])c1)c1ccc(C(F)(F)F)nc1. The number of nitro benzene ring substituents is 1. The maximum absolute atomic E-state index is 13.2. The van der Waals surface area contributed by atoms with E-state index in [0.29, 0.717) is 6.07 Å². The second kappa shape index (κ2) is 5.99. The van der Waals surface area contributed by atoms with Gasteiger partial charge in [0.05, 0.1) is 10.5 Å². The van der Waals surface area contributed by atoms with Crippen molar-refractivity contribution in [3.8, 4) is 0 Å². The molecule has 120 valence electrons. The Hall–Kier alpha value is -3.04. The second-order valence-corrected chi connectivity index (χ2v) is 4.31. The standard InChI is InChI=1S/C13H7F4N3O3/c14-9-3-2-8(5-10(9)20(22)23)19-12(21)7-1-4-11(18-6-7)13(15,16)17/h1-6H,(H,19,21). The number of alkyl halides is 3. The molecule has 6 nitrogen and oxygen atoms in total. The number of aromatic nitrogens is 1. The van der Waals surface area contributed by atoms with Gasteiger partial charge in [0, 0.05) is 18.0 Å². The summed E-state index contributed by atoms with van der Waals surface area (Å²) in [6.07, 6.45) is -3.91. The topological polar surface area (TPSA) is 85.1 Å². The van der Waals surface area contributed by atoms with Crippen molar-refractivity contribution in [3.05, 3.63) is 63.7 Å².